The summed E-state index contributed by atoms with van der Waals surface area (Å²) >= 11 is 0. The largest absolute Gasteiger partial charge is 0.361 e. The van der Waals surface area contributed by atoms with Crippen LogP contribution in [0.25, 0.3) is 0 Å². The molecule has 2 amide bonds. The highest BCUT2D eigenvalue weighted by Gasteiger charge is 2.38. The number of hydrogen-bond donors (Lipinski definition) is 2. The number of aryl methyl sites for hydroxylation is 3. The first kappa shape index (κ1) is 25.4. The smallest absolute Gasteiger partial charge is 0.257 e. The Balaban J connectivity index is 1.48. The number of benzene rings is 1. The molecule has 1 aromatic heterocycles. The molecule has 0 aliphatic carbocycles. The van der Waals surface area contributed by atoms with Gasteiger partial charge in [0.15, 0.2) is 0 Å². The summed E-state index contributed by atoms with van der Waals surface area (Å²) in [5.74, 6) is -1.16. The normalized spacial score (nSPS) is 18.0. The lowest BCUT2D eigenvalue weighted by Gasteiger charge is -2.31. The molecule has 8 nitrogen and oxygen atoms in total. The summed E-state index contributed by atoms with van der Waals surface area (Å²) in [5, 5.41) is 2.84. The quantitative estimate of drug-likeness (QED) is 0.647. The molecule has 2 aromatic rings. The second-order valence-corrected chi connectivity index (χ2v) is 11.4. The second kappa shape index (κ2) is 10.1. The van der Waals surface area contributed by atoms with Gasteiger partial charge < -0.3 is 15.2 Å². The van der Waals surface area contributed by atoms with E-state index in [-0.39, 0.29) is 47.1 Å². The van der Waals surface area contributed by atoms with E-state index in [9.17, 15) is 22.4 Å². The molecule has 3 heterocycles. The van der Waals surface area contributed by atoms with Crippen LogP contribution in [0.1, 0.15) is 59.4 Å². The molecule has 4 rings (SSSR count). The van der Waals surface area contributed by atoms with Crippen LogP contribution in [-0.2, 0) is 14.8 Å². The number of anilines is 1. The Kier molecular flexibility index (Phi) is 7.32. The highest BCUT2D eigenvalue weighted by atomic mass is 32.2. The number of aromatic nitrogens is 1. The Labute approximate surface area is 205 Å². The van der Waals surface area contributed by atoms with Gasteiger partial charge in [0.1, 0.15) is 10.7 Å². The predicted octanol–water partition coefficient (Wildman–Crippen LogP) is 3.74. The maximum atomic E-state index is 13.7. The number of nitrogens with zero attached hydrogens (tertiary/aromatic N) is 2. The third-order valence-corrected chi connectivity index (χ3v) is 9.11. The minimum atomic E-state index is -3.92. The van der Waals surface area contributed by atoms with Gasteiger partial charge in [0, 0.05) is 49.2 Å². The van der Waals surface area contributed by atoms with E-state index in [4.69, 9.17) is 0 Å². The van der Waals surface area contributed by atoms with Crippen molar-refractivity contribution in [2.24, 2.45) is 5.92 Å². The van der Waals surface area contributed by atoms with E-state index >= 15 is 0 Å². The van der Waals surface area contributed by atoms with Gasteiger partial charge in [-0.3, -0.25) is 9.59 Å². The van der Waals surface area contributed by atoms with E-state index in [1.165, 1.54) is 22.5 Å². The number of piperidine rings is 2. The van der Waals surface area contributed by atoms with Crippen LogP contribution in [0.2, 0.25) is 0 Å². The van der Waals surface area contributed by atoms with Crippen molar-refractivity contribution in [2.45, 2.75) is 57.8 Å². The fraction of sp³-hybridized carbons (Fsp3) is 0.520. The molecular weight excluding hydrogens is 471 g/mol. The lowest BCUT2D eigenvalue weighted by atomic mass is 9.97. The van der Waals surface area contributed by atoms with Crippen molar-refractivity contribution in [3.63, 3.8) is 0 Å². The minimum Gasteiger partial charge on any atom is -0.361 e. The molecule has 0 bridgehead atoms. The zero-order chi connectivity index (χ0) is 25.3. The Morgan fingerprint density at radius 1 is 1.00 bits per heavy atom. The molecule has 190 valence electrons. The Bertz CT molecular complexity index is 1230. The standard InChI is InChI=1S/C25H33FN4O4S/c1-16-15-20(26)7-8-21(16)28-24(31)19-9-13-30(14-10-19)35(33,34)23-18(3)27-17(2)22(23)25(32)29-11-5-4-6-12-29/h7-8,15,19,27H,4-6,9-14H2,1-3H3,(H,28,31). The highest BCUT2D eigenvalue weighted by Crippen LogP contribution is 2.32. The number of halogens is 1. The number of carbonyl (C=O) groups is 2. The van der Waals surface area contributed by atoms with Crippen LogP contribution in [-0.4, -0.2) is 60.6 Å². The average Bonchev–Trinajstić information content (AvgIpc) is 3.15. The van der Waals surface area contributed by atoms with E-state index in [1.807, 2.05) is 0 Å². The van der Waals surface area contributed by atoms with E-state index < -0.39 is 10.0 Å². The minimum absolute atomic E-state index is 0.0513. The number of sulfonamides is 1. The summed E-state index contributed by atoms with van der Waals surface area (Å²) in [6.07, 6.45) is 3.64. The molecule has 0 spiro atoms. The summed E-state index contributed by atoms with van der Waals surface area (Å²) < 4.78 is 42.1. The van der Waals surface area contributed by atoms with Crippen molar-refractivity contribution < 1.29 is 22.4 Å². The van der Waals surface area contributed by atoms with Crippen molar-refractivity contribution in [2.75, 3.05) is 31.5 Å². The van der Waals surface area contributed by atoms with Crippen LogP contribution in [0.15, 0.2) is 23.1 Å². The molecule has 2 fully saturated rings. The predicted molar refractivity (Wildman–Crippen MR) is 131 cm³/mol. The molecule has 2 N–H and O–H groups in total. The lowest BCUT2D eigenvalue weighted by Crippen LogP contribution is -2.42. The van der Waals surface area contributed by atoms with Gasteiger partial charge >= 0.3 is 0 Å². The lowest BCUT2D eigenvalue weighted by molar-refractivity contribution is -0.120. The third-order valence-electron chi connectivity index (χ3n) is 7.04. The second-order valence-electron chi connectivity index (χ2n) is 9.56. The summed E-state index contributed by atoms with van der Waals surface area (Å²) in [6.45, 7) is 6.77. The molecular formula is C25H33FN4O4S. The number of H-pyrrole nitrogens is 1. The number of rotatable bonds is 5. The van der Waals surface area contributed by atoms with Gasteiger partial charge in [0.2, 0.25) is 15.9 Å². The van der Waals surface area contributed by atoms with Crippen molar-refractivity contribution in [1.82, 2.24) is 14.2 Å². The van der Waals surface area contributed by atoms with Crippen LogP contribution in [0.3, 0.4) is 0 Å². The molecule has 2 aliphatic rings. The van der Waals surface area contributed by atoms with Gasteiger partial charge in [-0.1, -0.05) is 0 Å². The van der Waals surface area contributed by atoms with Crippen molar-refractivity contribution in [3.8, 4) is 0 Å². The molecule has 0 unspecified atom stereocenters. The van der Waals surface area contributed by atoms with E-state index in [0.717, 1.165) is 19.3 Å². The molecule has 0 radical (unpaired) electrons. The number of likely N-dealkylation sites (tertiary alicyclic amines) is 1. The number of nitrogens with one attached hydrogen (secondary N) is 2. The van der Waals surface area contributed by atoms with Crippen LogP contribution >= 0.6 is 0 Å². The number of hydrogen-bond acceptors (Lipinski definition) is 4. The number of amides is 2. The van der Waals surface area contributed by atoms with Crippen LogP contribution in [0.5, 0.6) is 0 Å². The van der Waals surface area contributed by atoms with E-state index in [1.54, 1.807) is 25.7 Å². The third kappa shape index (κ3) is 5.13. The van der Waals surface area contributed by atoms with E-state index in [2.05, 4.69) is 10.3 Å². The van der Waals surface area contributed by atoms with Gasteiger partial charge in [0.25, 0.3) is 5.91 Å². The van der Waals surface area contributed by atoms with Crippen molar-refractivity contribution in [3.05, 3.63) is 46.5 Å². The first-order valence-corrected chi connectivity index (χ1v) is 13.6. The highest BCUT2D eigenvalue weighted by molar-refractivity contribution is 7.89. The zero-order valence-corrected chi connectivity index (χ0v) is 21.3. The monoisotopic (exact) mass is 504 g/mol. The maximum Gasteiger partial charge on any atom is 0.257 e. The fourth-order valence-corrected chi connectivity index (χ4v) is 6.97. The molecule has 2 saturated heterocycles. The van der Waals surface area contributed by atoms with Crippen LogP contribution in [0.4, 0.5) is 10.1 Å². The molecule has 0 saturated carbocycles. The maximum absolute atomic E-state index is 13.7. The summed E-state index contributed by atoms with van der Waals surface area (Å²) in [4.78, 5) is 30.9. The topological polar surface area (TPSA) is 103 Å². The fourth-order valence-electron chi connectivity index (χ4n) is 5.08. The van der Waals surface area contributed by atoms with Gasteiger partial charge in [0.05, 0.1) is 5.56 Å². The van der Waals surface area contributed by atoms with Gasteiger partial charge in [-0.2, -0.15) is 4.31 Å². The summed E-state index contributed by atoms with van der Waals surface area (Å²) in [7, 11) is -3.92. The number of aromatic amines is 1. The summed E-state index contributed by atoms with van der Waals surface area (Å²) in [5.41, 5.74) is 2.42. The average molecular weight is 505 g/mol. The van der Waals surface area contributed by atoms with Crippen LogP contribution in [0, 0.1) is 32.5 Å². The number of carbonyl (C=O) groups excluding carboxylic acids is 2. The first-order chi connectivity index (χ1) is 16.6. The molecule has 35 heavy (non-hydrogen) atoms. The van der Waals surface area contributed by atoms with Crippen molar-refractivity contribution in [1.29, 1.82) is 0 Å². The van der Waals surface area contributed by atoms with Crippen LogP contribution < -0.4 is 5.32 Å². The molecule has 0 atom stereocenters. The molecule has 10 heteroatoms. The SMILES string of the molecule is Cc1cc(F)ccc1NC(=O)C1CCN(S(=O)(=O)c2c(C)[nH]c(C)c2C(=O)N2CCCCC2)CC1. The van der Waals surface area contributed by atoms with Gasteiger partial charge in [-0.15, -0.1) is 0 Å². The first-order valence-electron chi connectivity index (χ1n) is 12.1. The van der Waals surface area contributed by atoms with Gasteiger partial charge in [-0.25, -0.2) is 12.8 Å². The zero-order valence-electron chi connectivity index (χ0n) is 20.5. The molecule has 1 aromatic carbocycles. The Hall–Kier alpha value is -2.72. The molecule has 2 aliphatic heterocycles. The van der Waals surface area contributed by atoms with Gasteiger partial charge in [-0.05, 0) is 76.6 Å². The Morgan fingerprint density at radius 3 is 2.29 bits per heavy atom. The van der Waals surface area contributed by atoms with E-state index in [0.29, 0.717) is 48.6 Å². The Morgan fingerprint density at radius 2 is 1.66 bits per heavy atom. The van der Waals surface area contributed by atoms with Crippen molar-refractivity contribution >= 4 is 27.5 Å². The summed E-state index contributed by atoms with van der Waals surface area (Å²) in [6, 6.07) is 4.18.